The number of primary amides is 1. The molecule has 1 aliphatic rings. The van der Waals surface area contributed by atoms with Crippen molar-refractivity contribution in [3.63, 3.8) is 0 Å². The van der Waals surface area contributed by atoms with Crippen LogP contribution in [0.3, 0.4) is 0 Å². The van der Waals surface area contributed by atoms with Crippen LogP contribution in [0.15, 0.2) is 0 Å². The van der Waals surface area contributed by atoms with Crippen molar-refractivity contribution in [3.8, 4) is 0 Å². The molecule has 6 nitrogen and oxygen atoms in total. The second-order valence-electron chi connectivity index (χ2n) is 5.69. The first-order valence-corrected chi connectivity index (χ1v) is 6.27. The Kier molecular flexibility index (Phi) is 4.95. The zero-order valence-electron chi connectivity index (χ0n) is 11.3. The van der Waals surface area contributed by atoms with Gasteiger partial charge in [-0.2, -0.15) is 0 Å². The van der Waals surface area contributed by atoms with E-state index in [1.165, 1.54) is 12.8 Å². The van der Waals surface area contributed by atoms with Gasteiger partial charge in [0.15, 0.2) is 0 Å². The molecule has 0 spiro atoms. The topological polar surface area (TPSA) is 93.4 Å². The molecule has 0 aromatic rings. The average molecular weight is 257 g/mol. The summed E-state index contributed by atoms with van der Waals surface area (Å²) in [4.78, 5) is 22.6. The van der Waals surface area contributed by atoms with E-state index >= 15 is 0 Å². The number of rotatable bonds is 6. The van der Waals surface area contributed by atoms with Gasteiger partial charge in [0, 0.05) is 6.54 Å². The predicted octanol–water partition coefficient (Wildman–Crippen LogP) is 0.365. The lowest BCUT2D eigenvalue weighted by molar-refractivity contribution is -0.119. The summed E-state index contributed by atoms with van der Waals surface area (Å²) in [6.45, 7) is 6.26. The van der Waals surface area contributed by atoms with Crippen LogP contribution >= 0.6 is 0 Å². The first-order valence-electron chi connectivity index (χ1n) is 6.27. The van der Waals surface area contributed by atoms with Crippen molar-refractivity contribution in [1.82, 2.24) is 10.6 Å². The Hall–Kier alpha value is -1.30. The van der Waals surface area contributed by atoms with Gasteiger partial charge < -0.3 is 21.1 Å². The number of hydrogen-bond donors (Lipinski definition) is 3. The molecule has 2 amide bonds. The van der Waals surface area contributed by atoms with Crippen molar-refractivity contribution in [1.29, 1.82) is 0 Å². The fourth-order valence-electron chi connectivity index (χ4n) is 1.40. The van der Waals surface area contributed by atoms with E-state index in [4.69, 9.17) is 10.5 Å². The lowest BCUT2D eigenvalue weighted by Crippen LogP contribution is -2.50. The predicted molar refractivity (Wildman–Crippen MR) is 67.9 cm³/mol. The third kappa shape index (κ3) is 6.44. The van der Waals surface area contributed by atoms with Crippen LogP contribution in [0.1, 0.15) is 33.6 Å². The standard InChI is InChI=1S/C12H23N3O3/c1-12(2,3)18-11(17)15-7-9(10(13)16)14-6-8-4-5-8/h8-9,14H,4-7H2,1-3H3,(H2,13,16)(H,15,17). The van der Waals surface area contributed by atoms with E-state index in [0.29, 0.717) is 5.92 Å². The Morgan fingerprint density at radius 3 is 2.44 bits per heavy atom. The summed E-state index contributed by atoms with van der Waals surface area (Å²) in [5, 5.41) is 5.59. The normalized spacial score (nSPS) is 17.1. The van der Waals surface area contributed by atoms with E-state index < -0.39 is 23.6 Å². The van der Waals surface area contributed by atoms with Gasteiger partial charge in [-0.15, -0.1) is 0 Å². The smallest absolute Gasteiger partial charge is 0.407 e. The maximum atomic E-state index is 11.4. The van der Waals surface area contributed by atoms with E-state index in [2.05, 4.69) is 10.6 Å². The number of hydrogen-bond acceptors (Lipinski definition) is 4. The first kappa shape index (κ1) is 14.8. The van der Waals surface area contributed by atoms with Crippen LogP contribution in [-0.2, 0) is 9.53 Å². The van der Waals surface area contributed by atoms with Crippen molar-refractivity contribution in [2.75, 3.05) is 13.1 Å². The Morgan fingerprint density at radius 2 is 2.00 bits per heavy atom. The largest absolute Gasteiger partial charge is 0.444 e. The van der Waals surface area contributed by atoms with Gasteiger partial charge in [-0.1, -0.05) is 0 Å². The second kappa shape index (κ2) is 6.04. The Morgan fingerprint density at radius 1 is 1.39 bits per heavy atom. The number of carbonyl (C=O) groups excluding carboxylic acids is 2. The molecule has 1 unspecified atom stereocenters. The number of amides is 2. The highest BCUT2D eigenvalue weighted by atomic mass is 16.6. The van der Waals surface area contributed by atoms with Crippen molar-refractivity contribution in [2.45, 2.75) is 45.3 Å². The van der Waals surface area contributed by atoms with Gasteiger partial charge in [0.2, 0.25) is 5.91 Å². The maximum Gasteiger partial charge on any atom is 0.407 e. The molecule has 0 aliphatic heterocycles. The quantitative estimate of drug-likeness (QED) is 0.640. The number of nitrogens with two attached hydrogens (primary N) is 1. The molecule has 0 aromatic carbocycles. The van der Waals surface area contributed by atoms with E-state index in [9.17, 15) is 9.59 Å². The van der Waals surface area contributed by atoms with Crippen molar-refractivity contribution >= 4 is 12.0 Å². The molecule has 1 rings (SSSR count). The summed E-state index contributed by atoms with van der Waals surface area (Å²) in [5.74, 6) is 0.181. The minimum atomic E-state index is -0.548. The lowest BCUT2D eigenvalue weighted by atomic mass is 10.2. The molecule has 0 heterocycles. The van der Waals surface area contributed by atoms with Crippen LogP contribution in [-0.4, -0.2) is 36.7 Å². The Balaban J connectivity index is 2.27. The molecule has 0 saturated heterocycles. The molecular formula is C12H23N3O3. The minimum absolute atomic E-state index is 0.150. The van der Waals surface area contributed by atoms with Crippen molar-refractivity contribution in [3.05, 3.63) is 0 Å². The van der Waals surface area contributed by atoms with Crippen LogP contribution in [0.25, 0.3) is 0 Å². The molecule has 1 fully saturated rings. The molecule has 104 valence electrons. The fraction of sp³-hybridized carbons (Fsp3) is 0.833. The van der Waals surface area contributed by atoms with Gasteiger partial charge in [-0.25, -0.2) is 4.79 Å². The monoisotopic (exact) mass is 257 g/mol. The number of ether oxygens (including phenoxy) is 1. The van der Waals surface area contributed by atoms with Crippen molar-refractivity contribution in [2.24, 2.45) is 11.7 Å². The third-order valence-electron chi connectivity index (χ3n) is 2.54. The number of alkyl carbamates (subject to hydrolysis) is 1. The number of carbonyl (C=O) groups is 2. The van der Waals surface area contributed by atoms with Crippen LogP contribution in [0.4, 0.5) is 4.79 Å². The molecule has 6 heteroatoms. The summed E-state index contributed by atoms with van der Waals surface area (Å²) in [6, 6.07) is -0.543. The summed E-state index contributed by atoms with van der Waals surface area (Å²) < 4.78 is 5.08. The Bertz CT molecular complexity index is 308. The Labute approximate surface area is 108 Å². The highest BCUT2D eigenvalue weighted by Gasteiger charge is 2.24. The zero-order valence-corrected chi connectivity index (χ0v) is 11.3. The molecule has 0 bridgehead atoms. The average Bonchev–Trinajstić information content (AvgIpc) is 2.97. The zero-order chi connectivity index (χ0) is 13.8. The molecule has 18 heavy (non-hydrogen) atoms. The van der Waals surface area contributed by atoms with Gasteiger partial charge in [0.1, 0.15) is 11.6 Å². The minimum Gasteiger partial charge on any atom is -0.444 e. The molecular weight excluding hydrogens is 234 g/mol. The summed E-state index contributed by atoms with van der Waals surface area (Å²) >= 11 is 0. The summed E-state index contributed by atoms with van der Waals surface area (Å²) in [7, 11) is 0. The second-order valence-corrected chi connectivity index (χ2v) is 5.69. The fourth-order valence-corrected chi connectivity index (χ4v) is 1.40. The van der Waals surface area contributed by atoms with Crippen LogP contribution < -0.4 is 16.4 Å². The van der Waals surface area contributed by atoms with Gasteiger partial charge in [-0.05, 0) is 46.1 Å². The molecule has 1 atom stereocenters. The lowest BCUT2D eigenvalue weighted by Gasteiger charge is -2.21. The molecule has 4 N–H and O–H groups in total. The highest BCUT2D eigenvalue weighted by Crippen LogP contribution is 2.27. The number of nitrogens with one attached hydrogen (secondary N) is 2. The van der Waals surface area contributed by atoms with Crippen LogP contribution in [0.2, 0.25) is 0 Å². The van der Waals surface area contributed by atoms with E-state index in [1.807, 2.05) is 0 Å². The SMILES string of the molecule is CC(C)(C)OC(=O)NCC(NCC1CC1)C(N)=O. The van der Waals surface area contributed by atoms with Gasteiger partial charge >= 0.3 is 6.09 Å². The van der Waals surface area contributed by atoms with Crippen LogP contribution in [0.5, 0.6) is 0 Å². The van der Waals surface area contributed by atoms with Gasteiger partial charge in [0.25, 0.3) is 0 Å². The third-order valence-corrected chi connectivity index (χ3v) is 2.54. The first-order chi connectivity index (χ1) is 8.28. The van der Waals surface area contributed by atoms with Gasteiger partial charge in [-0.3, -0.25) is 4.79 Å². The van der Waals surface area contributed by atoms with Crippen LogP contribution in [0, 0.1) is 5.92 Å². The highest BCUT2D eigenvalue weighted by molar-refractivity contribution is 5.81. The van der Waals surface area contributed by atoms with E-state index in [1.54, 1.807) is 20.8 Å². The molecule has 1 aliphatic carbocycles. The summed E-state index contributed by atoms with van der Waals surface area (Å²) in [6.07, 6.45) is 1.85. The van der Waals surface area contributed by atoms with E-state index in [0.717, 1.165) is 6.54 Å². The summed E-state index contributed by atoms with van der Waals surface area (Å²) in [5.41, 5.74) is 4.72. The molecule has 1 saturated carbocycles. The van der Waals surface area contributed by atoms with E-state index in [-0.39, 0.29) is 6.54 Å². The van der Waals surface area contributed by atoms with Gasteiger partial charge in [0.05, 0.1) is 0 Å². The maximum absolute atomic E-state index is 11.4. The molecule has 0 radical (unpaired) electrons. The van der Waals surface area contributed by atoms with Crippen molar-refractivity contribution < 1.29 is 14.3 Å². The molecule has 0 aromatic heterocycles.